The first kappa shape index (κ1) is 18.9. The van der Waals surface area contributed by atoms with Crippen LogP contribution >= 0.6 is 0 Å². The first-order valence-electron chi connectivity index (χ1n) is 7.05. The molecule has 4 unspecified atom stereocenters. The fraction of sp³-hybridized carbons (Fsp3) is 1.00. The second-order valence-corrected chi connectivity index (χ2v) is 5.56. The van der Waals surface area contributed by atoms with Gasteiger partial charge in [-0.15, -0.1) is 0 Å². The molecule has 2 fully saturated rings. The smallest absolute Gasteiger partial charge is 0.224 e. The van der Waals surface area contributed by atoms with E-state index in [-0.39, 0.29) is 0 Å². The molecule has 0 radical (unpaired) electrons. The summed E-state index contributed by atoms with van der Waals surface area (Å²) >= 11 is 0. The van der Waals surface area contributed by atoms with E-state index in [1.54, 1.807) is 0 Å². The SMILES string of the molecule is OCC1OC(CO)(O[C@H]2O[C@H](CO)[C@@H](O)[C@H](O)[C@H]2O)C(O)C1O. The molecule has 2 heterocycles. The number of aliphatic hydroxyl groups excluding tert-OH is 8. The molecule has 0 aromatic carbocycles. The average molecular weight is 342 g/mol. The summed E-state index contributed by atoms with van der Waals surface area (Å²) in [6, 6.07) is 0. The van der Waals surface area contributed by atoms with Crippen molar-refractivity contribution in [3.63, 3.8) is 0 Å². The maximum absolute atomic E-state index is 10.00. The normalized spacial score (nSPS) is 51.1. The number of hydrogen-bond donors (Lipinski definition) is 8. The van der Waals surface area contributed by atoms with Gasteiger partial charge in [0, 0.05) is 0 Å². The van der Waals surface area contributed by atoms with Crippen LogP contribution in [0.4, 0.5) is 0 Å². The highest BCUT2D eigenvalue weighted by molar-refractivity contribution is 4.98. The van der Waals surface area contributed by atoms with E-state index in [1.807, 2.05) is 0 Å². The number of rotatable bonds is 5. The molecule has 2 aliphatic heterocycles. The summed E-state index contributed by atoms with van der Waals surface area (Å²) in [5.74, 6) is -2.22. The molecule has 0 saturated carbocycles. The molecule has 11 heteroatoms. The van der Waals surface area contributed by atoms with Gasteiger partial charge in [-0.25, -0.2) is 0 Å². The second-order valence-electron chi connectivity index (χ2n) is 5.56. The van der Waals surface area contributed by atoms with E-state index in [1.165, 1.54) is 0 Å². The van der Waals surface area contributed by atoms with Crippen LogP contribution in [0.15, 0.2) is 0 Å². The van der Waals surface area contributed by atoms with Crippen LogP contribution in [-0.2, 0) is 14.2 Å². The molecule has 23 heavy (non-hydrogen) atoms. The molecular formula is C12H22O11. The van der Waals surface area contributed by atoms with Crippen LogP contribution in [0, 0.1) is 0 Å². The molecular weight excluding hydrogens is 320 g/mol. The van der Waals surface area contributed by atoms with Gasteiger partial charge in [0.25, 0.3) is 0 Å². The molecule has 9 atom stereocenters. The Balaban J connectivity index is 2.18. The summed E-state index contributed by atoms with van der Waals surface area (Å²) in [5, 5.41) is 76.7. The van der Waals surface area contributed by atoms with Crippen LogP contribution in [0.5, 0.6) is 0 Å². The number of ether oxygens (including phenoxy) is 3. The third-order valence-electron chi connectivity index (χ3n) is 4.07. The maximum atomic E-state index is 10.00. The highest BCUT2D eigenvalue weighted by atomic mass is 16.8. The van der Waals surface area contributed by atoms with Crippen molar-refractivity contribution in [2.24, 2.45) is 0 Å². The fourth-order valence-corrected chi connectivity index (χ4v) is 2.63. The van der Waals surface area contributed by atoms with Crippen molar-refractivity contribution in [2.75, 3.05) is 19.8 Å². The average Bonchev–Trinajstić information content (AvgIpc) is 2.80. The van der Waals surface area contributed by atoms with Crippen LogP contribution in [-0.4, -0.2) is 115 Å². The fourth-order valence-electron chi connectivity index (χ4n) is 2.63. The molecule has 2 aliphatic rings. The third-order valence-corrected chi connectivity index (χ3v) is 4.07. The Morgan fingerprint density at radius 3 is 1.87 bits per heavy atom. The minimum Gasteiger partial charge on any atom is -0.394 e. The molecule has 0 spiro atoms. The summed E-state index contributed by atoms with van der Waals surface area (Å²) in [6.07, 6.45) is -12.7. The molecule has 2 saturated heterocycles. The Bertz CT molecular complexity index is 393. The summed E-state index contributed by atoms with van der Waals surface area (Å²) in [7, 11) is 0. The Labute approximate surface area is 130 Å². The molecule has 0 bridgehead atoms. The minimum absolute atomic E-state index is 0.669. The van der Waals surface area contributed by atoms with Gasteiger partial charge < -0.3 is 55.1 Å². The predicted octanol–water partition coefficient (Wildman–Crippen LogP) is -5.40. The maximum Gasteiger partial charge on any atom is 0.224 e. The van der Waals surface area contributed by atoms with Gasteiger partial charge >= 0.3 is 0 Å². The van der Waals surface area contributed by atoms with Crippen LogP contribution in [0.1, 0.15) is 0 Å². The Kier molecular flexibility index (Phi) is 5.92. The van der Waals surface area contributed by atoms with Gasteiger partial charge in [-0.3, -0.25) is 0 Å². The largest absolute Gasteiger partial charge is 0.394 e. The van der Waals surface area contributed by atoms with Crippen molar-refractivity contribution < 1.29 is 55.1 Å². The molecule has 0 amide bonds. The van der Waals surface area contributed by atoms with Gasteiger partial charge in [-0.1, -0.05) is 0 Å². The van der Waals surface area contributed by atoms with Gasteiger partial charge in [0.2, 0.25) is 5.79 Å². The lowest BCUT2D eigenvalue weighted by Gasteiger charge is -2.43. The third kappa shape index (κ3) is 3.23. The van der Waals surface area contributed by atoms with Gasteiger partial charge in [-0.2, -0.15) is 0 Å². The van der Waals surface area contributed by atoms with Crippen molar-refractivity contribution in [1.29, 1.82) is 0 Å². The van der Waals surface area contributed by atoms with Crippen LogP contribution in [0.3, 0.4) is 0 Å². The zero-order chi connectivity index (χ0) is 17.4. The van der Waals surface area contributed by atoms with Crippen LogP contribution in [0.25, 0.3) is 0 Å². The van der Waals surface area contributed by atoms with Crippen molar-refractivity contribution in [3.05, 3.63) is 0 Å². The summed E-state index contributed by atoms with van der Waals surface area (Å²) in [4.78, 5) is 0. The van der Waals surface area contributed by atoms with Gasteiger partial charge in [0.1, 0.15) is 49.3 Å². The second kappa shape index (κ2) is 7.21. The van der Waals surface area contributed by atoms with Crippen LogP contribution < -0.4 is 0 Å². The molecule has 136 valence electrons. The van der Waals surface area contributed by atoms with Crippen molar-refractivity contribution >= 4 is 0 Å². The predicted molar refractivity (Wildman–Crippen MR) is 68.6 cm³/mol. The Morgan fingerprint density at radius 1 is 0.783 bits per heavy atom. The molecule has 0 aromatic rings. The number of aliphatic hydroxyl groups is 8. The van der Waals surface area contributed by atoms with E-state index in [4.69, 9.17) is 24.4 Å². The van der Waals surface area contributed by atoms with Crippen molar-refractivity contribution in [3.8, 4) is 0 Å². The molecule has 0 aromatic heterocycles. The molecule has 2 rings (SSSR count). The Hall–Kier alpha value is -0.440. The summed E-state index contributed by atoms with van der Waals surface area (Å²) < 4.78 is 15.4. The minimum atomic E-state index is -2.22. The molecule has 8 N–H and O–H groups in total. The quantitative estimate of drug-likeness (QED) is 0.238. The Morgan fingerprint density at radius 2 is 1.39 bits per heavy atom. The van der Waals surface area contributed by atoms with E-state index >= 15 is 0 Å². The van der Waals surface area contributed by atoms with E-state index in [0.29, 0.717) is 0 Å². The van der Waals surface area contributed by atoms with Gasteiger partial charge in [0.15, 0.2) is 6.29 Å². The van der Waals surface area contributed by atoms with Gasteiger partial charge in [-0.05, 0) is 0 Å². The highest BCUT2D eigenvalue weighted by Gasteiger charge is 2.58. The van der Waals surface area contributed by atoms with E-state index in [0.717, 1.165) is 0 Å². The van der Waals surface area contributed by atoms with Crippen LogP contribution in [0.2, 0.25) is 0 Å². The van der Waals surface area contributed by atoms with E-state index in [2.05, 4.69) is 0 Å². The lowest BCUT2D eigenvalue weighted by molar-refractivity contribution is -0.383. The van der Waals surface area contributed by atoms with E-state index < -0.39 is 74.6 Å². The monoisotopic (exact) mass is 342 g/mol. The topological polar surface area (TPSA) is 190 Å². The van der Waals surface area contributed by atoms with E-state index in [9.17, 15) is 30.6 Å². The zero-order valence-corrected chi connectivity index (χ0v) is 12.0. The summed E-state index contributed by atoms with van der Waals surface area (Å²) in [5.41, 5.74) is 0. The standard InChI is InChI=1S/C12H22O11/c13-1-4-6(16)8(18)9(19)11(21-4)23-12(3-15)10(20)7(17)5(2-14)22-12/h4-11,13-20H,1-3H2/t4-,5?,6-,7?,8+,9-,10?,11-,12?/m1/s1. The first-order chi connectivity index (χ1) is 10.8. The highest BCUT2D eigenvalue weighted by Crippen LogP contribution is 2.35. The molecule has 0 aliphatic carbocycles. The summed E-state index contributed by atoms with van der Waals surface area (Å²) in [6.45, 7) is -2.32. The van der Waals surface area contributed by atoms with Gasteiger partial charge in [0.05, 0.1) is 13.2 Å². The lowest BCUT2D eigenvalue weighted by atomic mass is 9.99. The number of hydrogen-bond acceptors (Lipinski definition) is 11. The molecule has 11 nitrogen and oxygen atoms in total. The first-order valence-corrected chi connectivity index (χ1v) is 7.05. The van der Waals surface area contributed by atoms with Crippen molar-refractivity contribution in [2.45, 2.75) is 54.8 Å². The van der Waals surface area contributed by atoms with Crippen molar-refractivity contribution in [1.82, 2.24) is 0 Å². The zero-order valence-electron chi connectivity index (χ0n) is 12.0. The lowest BCUT2D eigenvalue weighted by Crippen LogP contribution is -2.62.